The lowest BCUT2D eigenvalue weighted by molar-refractivity contribution is -0.140. The first-order valence-corrected chi connectivity index (χ1v) is 17.3. The highest BCUT2D eigenvalue weighted by molar-refractivity contribution is 7.92. The third kappa shape index (κ3) is 8.89. The predicted molar refractivity (Wildman–Crippen MR) is 176 cm³/mol. The summed E-state index contributed by atoms with van der Waals surface area (Å²) in [5.74, 6) is -0.529. The van der Waals surface area contributed by atoms with E-state index in [9.17, 15) is 18.0 Å². The molecule has 1 N–H and O–H groups in total. The zero-order valence-electron chi connectivity index (χ0n) is 25.3. The van der Waals surface area contributed by atoms with Crippen molar-refractivity contribution in [3.05, 3.63) is 93.5 Å². The molecule has 0 aliphatic heterocycles. The number of methoxy groups -OCH3 is 1. The monoisotopic (exact) mass is 659 g/mol. The van der Waals surface area contributed by atoms with Gasteiger partial charge in [-0.3, -0.25) is 13.9 Å². The van der Waals surface area contributed by atoms with Crippen molar-refractivity contribution in [2.24, 2.45) is 0 Å². The van der Waals surface area contributed by atoms with Gasteiger partial charge in [-0.15, -0.1) is 0 Å². The average Bonchev–Trinajstić information content (AvgIpc) is 2.99. The Morgan fingerprint density at radius 2 is 1.66 bits per heavy atom. The van der Waals surface area contributed by atoms with Crippen LogP contribution < -0.4 is 14.4 Å². The molecule has 1 atom stereocenters. The lowest BCUT2D eigenvalue weighted by atomic mass is 9.94. The lowest BCUT2D eigenvalue weighted by Gasteiger charge is -2.35. The second-order valence-electron chi connectivity index (χ2n) is 11.3. The van der Waals surface area contributed by atoms with Gasteiger partial charge in [-0.1, -0.05) is 84.9 Å². The molecule has 4 rings (SSSR count). The number of carbonyl (C=O) groups excluding carboxylic acids is 2. The van der Waals surface area contributed by atoms with Gasteiger partial charge in [0.25, 0.3) is 0 Å². The van der Waals surface area contributed by atoms with Gasteiger partial charge in [-0.2, -0.15) is 0 Å². The van der Waals surface area contributed by atoms with Crippen molar-refractivity contribution in [3.8, 4) is 5.75 Å². The highest BCUT2D eigenvalue weighted by Gasteiger charge is 2.34. The van der Waals surface area contributed by atoms with E-state index in [1.807, 2.05) is 37.3 Å². The van der Waals surface area contributed by atoms with Gasteiger partial charge in [0.15, 0.2) is 0 Å². The van der Waals surface area contributed by atoms with Crippen LogP contribution in [0.1, 0.15) is 48.8 Å². The van der Waals surface area contributed by atoms with Gasteiger partial charge >= 0.3 is 0 Å². The van der Waals surface area contributed by atoms with Crippen LogP contribution in [0.15, 0.2) is 66.7 Å². The fourth-order valence-corrected chi connectivity index (χ4v) is 6.69. The summed E-state index contributed by atoms with van der Waals surface area (Å²) in [6.07, 6.45) is 6.22. The molecule has 0 radical (unpaired) electrons. The molecule has 236 valence electrons. The van der Waals surface area contributed by atoms with Crippen molar-refractivity contribution in [1.82, 2.24) is 10.2 Å². The zero-order valence-corrected chi connectivity index (χ0v) is 27.6. The predicted octanol–water partition coefficient (Wildman–Crippen LogP) is 6.17. The summed E-state index contributed by atoms with van der Waals surface area (Å²) in [6.45, 7) is 1.29. The molecule has 3 aromatic carbocycles. The topological polar surface area (TPSA) is 96.0 Å². The summed E-state index contributed by atoms with van der Waals surface area (Å²) < 4.78 is 32.8. The highest BCUT2D eigenvalue weighted by Crippen LogP contribution is 2.32. The van der Waals surface area contributed by atoms with E-state index in [-0.39, 0.29) is 30.6 Å². The molecular formula is C33H39Cl2N3O5S. The number of hydrogen-bond acceptors (Lipinski definition) is 5. The van der Waals surface area contributed by atoms with Crippen molar-refractivity contribution in [1.29, 1.82) is 0 Å². The van der Waals surface area contributed by atoms with E-state index in [0.717, 1.165) is 53.8 Å². The standard InChI is InChI=1S/C33H39Cl2N3O5S/c1-23-14-17-31(43-2)29(18-23)38(44(3,41)42)22-32(39)37(21-25-15-16-27(34)28(35)19-25)30(20-24-10-6-4-7-11-24)33(40)36-26-12-8-5-9-13-26/h4,6-7,10-11,14-19,26,30H,5,8-9,12-13,20-22H2,1-3H3,(H,36,40)/t30-/m1/s1. The fraction of sp³-hybridized carbons (Fsp3) is 0.394. The summed E-state index contributed by atoms with van der Waals surface area (Å²) in [5.41, 5.74) is 2.55. The number of hydrogen-bond donors (Lipinski definition) is 1. The minimum atomic E-state index is -3.94. The fourth-order valence-electron chi connectivity index (χ4n) is 5.52. The maximum Gasteiger partial charge on any atom is 0.244 e. The Kier molecular flexibility index (Phi) is 11.6. The van der Waals surface area contributed by atoms with Gasteiger partial charge in [-0.25, -0.2) is 8.42 Å². The van der Waals surface area contributed by atoms with E-state index in [1.165, 1.54) is 12.0 Å². The first-order chi connectivity index (χ1) is 21.0. The Morgan fingerprint density at radius 1 is 0.955 bits per heavy atom. The number of ether oxygens (including phenoxy) is 1. The lowest BCUT2D eigenvalue weighted by Crippen LogP contribution is -2.55. The minimum Gasteiger partial charge on any atom is -0.495 e. The van der Waals surface area contributed by atoms with Crippen LogP contribution in [0.3, 0.4) is 0 Å². The number of halogens is 2. The third-order valence-electron chi connectivity index (χ3n) is 7.84. The minimum absolute atomic E-state index is 0.00780. The van der Waals surface area contributed by atoms with E-state index in [2.05, 4.69) is 5.32 Å². The van der Waals surface area contributed by atoms with Crippen LogP contribution in [0.25, 0.3) is 0 Å². The van der Waals surface area contributed by atoms with Crippen molar-refractivity contribution < 1.29 is 22.7 Å². The molecule has 1 saturated carbocycles. The largest absolute Gasteiger partial charge is 0.495 e. The average molecular weight is 661 g/mol. The Labute approximate surface area is 270 Å². The third-order valence-corrected chi connectivity index (χ3v) is 9.71. The second kappa shape index (κ2) is 15.1. The summed E-state index contributed by atoms with van der Waals surface area (Å²) in [4.78, 5) is 29.9. The molecule has 0 unspecified atom stereocenters. The van der Waals surface area contributed by atoms with Gasteiger partial charge < -0.3 is 15.0 Å². The molecular weight excluding hydrogens is 621 g/mol. The van der Waals surface area contributed by atoms with E-state index >= 15 is 0 Å². The van der Waals surface area contributed by atoms with Crippen LogP contribution in [-0.2, 0) is 32.6 Å². The number of carbonyl (C=O) groups is 2. The van der Waals surface area contributed by atoms with Crippen LogP contribution in [0.5, 0.6) is 5.75 Å². The molecule has 1 aliphatic rings. The van der Waals surface area contributed by atoms with Gasteiger partial charge in [0.05, 0.1) is 29.1 Å². The van der Waals surface area contributed by atoms with Crippen molar-refractivity contribution >= 4 is 50.7 Å². The quantitative estimate of drug-likeness (QED) is 0.251. The van der Waals surface area contributed by atoms with Crippen LogP contribution in [0.4, 0.5) is 5.69 Å². The summed E-state index contributed by atoms with van der Waals surface area (Å²) >= 11 is 12.5. The highest BCUT2D eigenvalue weighted by atomic mass is 35.5. The summed E-state index contributed by atoms with van der Waals surface area (Å²) in [7, 11) is -2.50. The number of benzene rings is 3. The number of amides is 2. The van der Waals surface area contributed by atoms with Crippen LogP contribution >= 0.6 is 23.2 Å². The van der Waals surface area contributed by atoms with Gasteiger partial charge in [-0.05, 0) is 60.7 Å². The van der Waals surface area contributed by atoms with Crippen LogP contribution in [-0.4, -0.2) is 57.1 Å². The van der Waals surface area contributed by atoms with E-state index < -0.39 is 28.5 Å². The van der Waals surface area contributed by atoms with E-state index in [4.69, 9.17) is 27.9 Å². The first-order valence-electron chi connectivity index (χ1n) is 14.7. The van der Waals surface area contributed by atoms with Crippen LogP contribution in [0.2, 0.25) is 10.0 Å². The zero-order chi connectivity index (χ0) is 31.9. The molecule has 11 heteroatoms. The summed E-state index contributed by atoms with van der Waals surface area (Å²) in [5, 5.41) is 3.86. The molecule has 1 aliphatic carbocycles. The van der Waals surface area contributed by atoms with E-state index in [1.54, 1.807) is 36.4 Å². The summed E-state index contributed by atoms with van der Waals surface area (Å²) in [6, 6.07) is 18.7. The van der Waals surface area contributed by atoms with Gasteiger partial charge in [0.2, 0.25) is 21.8 Å². The molecule has 44 heavy (non-hydrogen) atoms. The smallest absolute Gasteiger partial charge is 0.244 e. The molecule has 0 aromatic heterocycles. The molecule has 0 saturated heterocycles. The number of anilines is 1. The number of sulfonamides is 1. The molecule has 0 bridgehead atoms. The molecule has 0 spiro atoms. The van der Waals surface area contributed by atoms with Crippen molar-refractivity contribution in [2.45, 2.75) is 64.1 Å². The number of nitrogens with zero attached hydrogens (tertiary/aromatic N) is 2. The molecule has 8 nitrogen and oxygen atoms in total. The Balaban J connectivity index is 1.77. The SMILES string of the molecule is COc1ccc(C)cc1N(CC(=O)N(Cc1ccc(Cl)c(Cl)c1)[C@H](Cc1ccccc1)C(=O)NC1CCCCC1)S(C)(=O)=O. The normalized spacial score (nSPS) is 14.5. The molecule has 2 amide bonds. The molecule has 0 heterocycles. The second-order valence-corrected chi connectivity index (χ2v) is 14.0. The molecule has 3 aromatic rings. The molecule has 1 fully saturated rings. The van der Waals surface area contributed by atoms with Gasteiger partial charge in [0, 0.05) is 19.0 Å². The first kappa shape index (κ1) is 33.6. The van der Waals surface area contributed by atoms with E-state index in [0.29, 0.717) is 21.4 Å². The van der Waals surface area contributed by atoms with Crippen LogP contribution in [0, 0.1) is 6.92 Å². The number of aryl methyl sites for hydroxylation is 1. The van der Waals surface area contributed by atoms with Crippen molar-refractivity contribution in [2.75, 3.05) is 24.2 Å². The maximum absolute atomic E-state index is 14.4. The van der Waals surface area contributed by atoms with Gasteiger partial charge in [0.1, 0.15) is 18.3 Å². The number of rotatable bonds is 12. The maximum atomic E-state index is 14.4. The van der Waals surface area contributed by atoms with Crippen molar-refractivity contribution in [3.63, 3.8) is 0 Å². The Hall–Kier alpha value is -3.27. The Morgan fingerprint density at radius 3 is 2.30 bits per heavy atom. The number of nitrogens with one attached hydrogen (secondary N) is 1. The Bertz CT molecular complexity index is 1560.